The summed E-state index contributed by atoms with van der Waals surface area (Å²) in [5, 5.41) is 11.7. The summed E-state index contributed by atoms with van der Waals surface area (Å²) in [4.78, 5) is 12.2. The molecule has 2 rings (SSSR count). The molecule has 2 atom stereocenters. The zero-order valence-corrected chi connectivity index (χ0v) is 12.9. The molecule has 118 valence electrons. The maximum atomic E-state index is 12.9. The van der Waals surface area contributed by atoms with Crippen LogP contribution in [0.25, 0.3) is 0 Å². The van der Waals surface area contributed by atoms with Gasteiger partial charge in [-0.2, -0.15) is 5.26 Å². The van der Waals surface area contributed by atoms with Crippen LogP contribution in [0.2, 0.25) is 0 Å². The minimum absolute atomic E-state index is 0.264. The third-order valence-electron chi connectivity index (χ3n) is 3.37. The number of amides is 1. The van der Waals surface area contributed by atoms with Gasteiger partial charge in [0.05, 0.1) is 17.7 Å². The monoisotopic (exact) mass is 312 g/mol. The van der Waals surface area contributed by atoms with Gasteiger partial charge in [0.2, 0.25) is 0 Å². The first-order valence-electron chi connectivity index (χ1n) is 7.22. The molecule has 2 aromatic rings. The van der Waals surface area contributed by atoms with Gasteiger partial charge in [0, 0.05) is 0 Å². The molecule has 0 aliphatic rings. The fourth-order valence-electron chi connectivity index (χ4n) is 2.06. The summed E-state index contributed by atoms with van der Waals surface area (Å²) in [7, 11) is 0. The molecule has 0 aliphatic heterocycles. The number of carbonyl (C=O) groups excluding carboxylic acids is 1. The van der Waals surface area contributed by atoms with E-state index in [1.807, 2.05) is 13.0 Å². The maximum absolute atomic E-state index is 12.9. The van der Waals surface area contributed by atoms with Crippen LogP contribution in [0.1, 0.15) is 31.0 Å². The Kier molecular flexibility index (Phi) is 5.32. The van der Waals surface area contributed by atoms with Crippen molar-refractivity contribution >= 4 is 5.91 Å². The molecule has 1 amide bonds. The molecule has 0 aliphatic carbocycles. The molecule has 0 unspecified atom stereocenters. The lowest BCUT2D eigenvalue weighted by molar-refractivity contribution is -0.127. The van der Waals surface area contributed by atoms with Crippen LogP contribution >= 0.6 is 0 Å². The van der Waals surface area contributed by atoms with E-state index in [4.69, 9.17) is 10.00 Å². The molecule has 0 saturated carbocycles. The fraction of sp³-hybridized carbons (Fsp3) is 0.222. The number of carbonyl (C=O) groups is 1. The molecule has 4 nitrogen and oxygen atoms in total. The number of nitrogens with one attached hydrogen (secondary N) is 1. The van der Waals surface area contributed by atoms with Gasteiger partial charge in [-0.05, 0) is 49.7 Å². The van der Waals surface area contributed by atoms with E-state index in [-0.39, 0.29) is 17.8 Å². The van der Waals surface area contributed by atoms with Crippen molar-refractivity contribution in [2.24, 2.45) is 0 Å². The second-order valence-electron chi connectivity index (χ2n) is 5.18. The molecule has 23 heavy (non-hydrogen) atoms. The Morgan fingerprint density at radius 2 is 1.91 bits per heavy atom. The van der Waals surface area contributed by atoms with Crippen molar-refractivity contribution in [2.45, 2.75) is 26.0 Å². The lowest BCUT2D eigenvalue weighted by atomic mass is 10.1. The summed E-state index contributed by atoms with van der Waals surface area (Å²) in [6.45, 7) is 3.44. The number of benzene rings is 2. The number of ether oxygens (including phenoxy) is 1. The second kappa shape index (κ2) is 7.41. The van der Waals surface area contributed by atoms with Crippen molar-refractivity contribution in [1.29, 1.82) is 5.26 Å². The third kappa shape index (κ3) is 4.55. The van der Waals surface area contributed by atoms with Crippen molar-refractivity contribution in [3.05, 3.63) is 65.5 Å². The van der Waals surface area contributed by atoms with Crippen LogP contribution in [0.15, 0.2) is 48.5 Å². The van der Waals surface area contributed by atoms with E-state index in [1.165, 1.54) is 12.1 Å². The average molecular weight is 312 g/mol. The molecule has 1 N–H and O–H groups in total. The van der Waals surface area contributed by atoms with E-state index in [0.29, 0.717) is 11.3 Å². The van der Waals surface area contributed by atoms with Crippen LogP contribution in [0.5, 0.6) is 5.75 Å². The van der Waals surface area contributed by atoms with E-state index in [0.717, 1.165) is 5.56 Å². The lowest BCUT2D eigenvalue weighted by Gasteiger charge is -2.19. The normalized spacial score (nSPS) is 12.8. The standard InChI is InChI=1S/C18H17FN2O2/c1-12(15-6-8-16(19)9-7-15)21-18(22)13(2)23-17-5-3-4-14(10-17)11-20/h3-10,12-13H,1-2H3,(H,21,22)/t12-,13+/m1/s1. The molecular formula is C18H17FN2O2. The van der Waals surface area contributed by atoms with Crippen molar-refractivity contribution in [3.8, 4) is 11.8 Å². The molecule has 0 aromatic heterocycles. The van der Waals surface area contributed by atoms with Crippen molar-refractivity contribution < 1.29 is 13.9 Å². The van der Waals surface area contributed by atoms with E-state index in [9.17, 15) is 9.18 Å². The highest BCUT2D eigenvalue weighted by Crippen LogP contribution is 2.16. The van der Waals surface area contributed by atoms with Crippen molar-refractivity contribution in [2.75, 3.05) is 0 Å². The summed E-state index contributed by atoms with van der Waals surface area (Å²) < 4.78 is 18.5. The predicted octanol–water partition coefficient (Wildman–Crippen LogP) is 3.34. The Hall–Kier alpha value is -2.87. The van der Waals surface area contributed by atoms with Gasteiger partial charge in [0.25, 0.3) is 5.91 Å². The van der Waals surface area contributed by atoms with Gasteiger partial charge in [0.15, 0.2) is 6.10 Å². The summed E-state index contributed by atoms with van der Waals surface area (Å²) in [5.41, 5.74) is 1.27. The van der Waals surface area contributed by atoms with Crippen LogP contribution in [-0.4, -0.2) is 12.0 Å². The number of nitrogens with zero attached hydrogens (tertiary/aromatic N) is 1. The van der Waals surface area contributed by atoms with E-state index in [2.05, 4.69) is 5.32 Å². The topological polar surface area (TPSA) is 62.1 Å². The van der Waals surface area contributed by atoms with Crippen LogP contribution in [-0.2, 0) is 4.79 Å². The summed E-state index contributed by atoms with van der Waals surface area (Å²) >= 11 is 0. The van der Waals surface area contributed by atoms with Crippen molar-refractivity contribution in [1.82, 2.24) is 5.32 Å². The summed E-state index contributed by atoms with van der Waals surface area (Å²) in [6, 6.07) is 14.3. The van der Waals surface area contributed by atoms with Gasteiger partial charge in [-0.3, -0.25) is 4.79 Å². The molecule has 0 heterocycles. The highest BCUT2D eigenvalue weighted by molar-refractivity contribution is 5.81. The Balaban J connectivity index is 1.96. The minimum atomic E-state index is -0.716. The SMILES string of the molecule is C[C@H](Oc1cccc(C#N)c1)C(=O)N[C@H](C)c1ccc(F)cc1. The zero-order chi connectivity index (χ0) is 16.8. The lowest BCUT2D eigenvalue weighted by Crippen LogP contribution is -2.37. The maximum Gasteiger partial charge on any atom is 0.261 e. The predicted molar refractivity (Wildman–Crippen MR) is 84.2 cm³/mol. The molecule has 0 radical (unpaired) electrons. The number of rotatable bonds is 5. The number of hydrogen-bond donors (Lipinski definition) is 1. The smallest absolute Gasteiger partial charge is 0.261 e. The number of nitriles is 1. The third-order valence-corrected chi connectivity index (χ3v) is 3.37. The Morgan fingerprint density at radius 3 is 2.57 bits per heavy atom. The van der Waals surface area contributed by atoms with Crippen LogP contribution in [0.3, 0.4) is 0 Å². The highest BCUT2D eigenvalue weighted by Gasteiger charge is 2.18. The number of hydrogen-bond acceptors (Lipinski definition) is 3. The molecule has 0 spiro atoms. The molecule has 0 saturated heterocycles. The Morgan fingerprint density at radius 1 is 1.22 bits per heavy atom. The molecular weight excluding hydrogens is 295 g/mol. The first kappa shape index (κ1) is 16.5. The van der Waals surface area contributed by atoms with Crippen LogP contribution in [0, 0.1) is 17.1 Å². The van der Waals surface area contributed by atoms with Gasteiger partial charge in [0.1, 0.15) is 11.6 Å². The number of halogens is 1. The van der Waals surface area contributed by atoms with Crippen LogP contribution in [0.4, 0.5) is 4.39 Å². The van der Waals surface area contributed by atoms with Crippen LogP contribution < -0.4 is 10.1 Å². The summed E-state index contributed by atoms with van der Waals surface area (Å²) in [5.74, 6) is -0.147. The van der Waals surface area contributed by atoms with Crippen molar-refractivity contribution in [3.63, 3.8) is 0 Å². The van der Waals surface area contributed by atoms with Gasteiger partial charge < -0.3 is 10.1 Å². The zero-order valence-electron chi connectivity index (χ0n) is 12.9. The first-order chi connectivity index (χ1) is 11.0. The molecule has 0 bridgehead atoms. The van der Waals surface area contributed by atoms with E-state index in [1.54, 1.807) is 43.3 Å². The fourth-order valence-corrected chi connectivity index (χ4v) is 2.06. The van der Waals surface area contributed by atoms with Gasteiger partial charge in [-0.1, -0.05) is 18.2 Å². The minimum Gasteiger partial charge on any atom is -0.481 e. The second-order valence-corrected chi connectivity index (χ2v) is 5.18. The molecule has 0 fully saturated rings. The Bertz CT molecular complexity index is 723. The average Bonchev–Trinajstić information content (AvgIpc) is 2.55. The van der Waals surface area contributed by atoms with E-state index >= 15 is 0 Å². The molecule has 5 heteroatoms. The largest absolute Gasteiger partial charge is 0.481 e. The van der Waals surface area contributed by atoms with Gasteiger partial charge in [-0.25, -0.2) is 4.39 Å². The van der Waals surface area contributed by atoms with E-state index < -0.39 is 6.10 Å². The first-order valence-corrected chi connectivity index (χ1v) is 7.22. The summed E-state index contributed by atoms with van der Waals surface area (Å²) in [6.07, 6.45) is -0.716. The quantitative estimate of drug-likeness (QED) is 0.921. The van der Waals surface area contributed by atoms with Gasteiger partial charge in [-0.15, -0.1) is 0 Å². The highest BCUT2D eigenvalue weighted by atomic mass is 19.1. The Labute approximate surface area is 134 Å². The molecule has 2 aromatic carbocycles. The van der Waals surface area contributed by atoms with Gasteiger partial charge >= 0.3 is 0 Å².